The van der Waals surface area contributed by atoms with Crippen LogP contribution in [0.4, 0.5) is 0 Å². The van der Waals surface area contributed by atoms with Gasteiger partial charge in [-0.05, 0) is 30.4 Å². The molecule has 0 unspecified atom stereocenters. The number of benzene rings is 1. The Labute approximate surface area is 66.7 Å². The van der Waals surface area contributed by atoms with Crippen LogP contribution < -0.4 is 0 Å². The van der Waals surface area contributed by atoms with E-state index in [-0.39, 0.29) is 41.2 Å². The molecule has 50 valence electrons. The Hall–Kier alpha value is -1.24. The van der Waals surface area contributed by atoms with Crippen LogP contribution >= 0.6 is 0 Å². The third kappa shape index (κ3) is 0.711. The van der Waals surface area contributed by atoms with E-state index in [1.54, 1.807) is 6.92 Å². The predicted octanol–water partition coefficient (Wildman–Crippen LogP) is 2.48. The van der Waals surface area contributed by atoms with Crippen LogP contribution in [-0.4, -0.2) is 4.98 Å². The Morgan fingerprint density at radius 3 is 3.20 bits per heavy atom. The zero-order valence-electron chi connectivity index (χ0n) is 10.5. The van der Waals surface area contributed by atoms with Gasteiger partial charge < -0.3 is 4.98 Å². The Kier molecular flexibility index (Phi) is 0.453. The first kappa shape index (κ1) is 2.42. The number of aromatic nitrogens is 1. The molecule has 0 amide bonds. The fourth-order valence-corrected chi connectivity index (χ4v) is 0.844. The van der Waals surface area contributed by atoms with Gasteiger partial charge in [-0.15, -0.1) is 0 Å². The van der Waals surface area contributed by atoms with Crippen LogP contribution in [0.2, 0.25) is 0 Å². The molecule has 1 heteroatoms. The van der Waals surface area contributed by atoms with Gasteiger partial charge in [-0.3, -0.25) is 0 Å². The molecule has 0 aliphatic carbocycles. The summed E-state index contributed by atoms with van der Waals surface area (Å²) in [5.74, 6) is 0. The van der Waals surface area contributed by atoms with Gasteiger partial charge in [0.1, 0.15) is 0 Å². The number of hydrogen-bond donors (Lipinski definition) is 1. The van der Waals surface area contributed by atoms with Gasteiger partial charge in [-0.25, -0.2) is 0 Å². The van der Waals surface area contributed by atoms with E-state index >= 15 is 0 Å². The molecule has 10 heavy (non-hydrogen) atoms. The van der Waals surface area contributed by atoms with Gasteiger partial charge in [0.05, 0.1) is 6.85 Å². The molecule has 1 nitrogen and oxygen atoms in total. The van der Waals surface area contributed by atoms with Crippen LogP contribution in [-0.2, 0) is 0 Å². The number of rotatable bonds is 0. The minimum Gasteiger partial charge on any atom is -0.361 e. The van der Waals surface area contributed by atoms with E-state index in [4.69, 9.17) is 6.85 Å². The van der Waals surface area contributed by atoms with Crippen molar-refractivity contribution in [1.29, 1.82) is 0 Å². The second-order valence-corrected chi connectivity index (χ2v) is 2.12. The Bertz CT molecular complexity index is 558. The molecule has 2 rings (SSSR count). The Morgan fingerprint density at radius 1 is 1.40 bits per heavy atom. The van der Waals surface area contributed by atoms with E-state index in [2.05, 4.69) is 4.98 Å². The van der Waals surface area contributed by atoms with Crippen molar-refractivity contribution in [2.45, 2.75) is 6.92 Å². The fourth-order valence-electron chi connectivity index (χ4n) is 0.844. The Balaban J connectivity index is 3.07. The standard InChI is InChI=1S/C9H9N/c1-7-2-3-9-8(6-7)4-5-10-9/h2-6,10H,1H3/i2D,3D,4D,5D,6D. The van der Waals surface area contributed by atoms with Crippen molar-refractivity contribution in [2.24, 2.45) is 0 Å². The molecule has 0 aliphatic heterocycles. The van der Waals surface area contributed by atoms with Crippen molar-refractivity contribution >= 4 is 10.9 Å². The summed E-state index contributed by atoms with van der Waals surface area (Å²) in [6.45, 7) is 1.58. The van der Waals surface area contributed by atoms with Gasteiger partial charge >= 0.3 is 0 Å². The van der Waals surface area contributed by atoms with Crippen LogP contribution in [0, 0.1) is 6.92 Å². The molecule has 1 aromatic carbocycles. The van der Waals surface area contributed by atoms with Gasteiger partial charge in [0.25, 0.3) is 0 Å². The molecule has 0 bridgehead atoms. The summed E-state index contributed by atoms with van der Waals surface area (Å²) < 4.78 is 38.0. The fraction of sp³-hybridized carbons (Fsp3) is 0.111. The average Bonchev–Trinajstić information content (AvgIpc) is 2.50. The van der Waals surface area contributed by atoms with Crippen molar-refractivity contribution in [3.8, 4) is 0 Å². The third-order valence-corrected chi connectivity index (χ3v) is 1.31. The molecule has 0 atom stereocenters. The van der Waals surface area contributed by atoms with Crippen LogP contribution in [0.3, 0.4) is 0 Å². The van der Waals surface area contributed by atoms with Gasteiger partial charge in [-0.2, -0.15) is 0 Å². The molecule has 1 N–H and O–H groups in total. The van der Waals surface area contributed by atoms with Crippen molar-refractivity contribution in [2.75, 3.05) is 0 Å². The van der Waals surface area contributed by atoms with Gasteiger partial charge in [0, 0.05) is 11.7 Å². The molecule has 0 aliphatic rings. The molecule has 0 saturated carbocycles. The first-order chi connectivity index (χ1) is 6.95. The monoisotopic (exact) mass is 136 g/mol. The lowest BCUT2D eigenvalue weighted by atomic mass is 10.2. The summed E-state index contributed by atoms with van der Waals surface area (Å²) in [7, 11) is 0. The maximum Gasteiger partial charge on any atom is 0.0816 e. The SMILES string of the molecule is [2H]c1[nH]c2c([2H])c([2H])c(C)c([2H])c2c1[2H]. The van der Waals surface area contributed by atoms with E-state index in [0.717, 1.165) is 0 Å². The number of aromatic amines is 1. The second kappa shape index (κ2) is 1.87. The number of fused-ring (bicyclic) bond motifs is 1. The van der Waals surface area contributed by atoms with Crippen LogP contribution in [0.15, 0.2) is 30.3 Å². The maximum absolute atomic E-state index is 7.75. The highest BCUT2D eigenvalue weighted by atomic mass is 14.7. The quantitative estimate of drug-likeness (QED) is 0.572. The minimum atomic E-state index is -0.114. The van der Waals surface area contributed by atoms with E-state index in [0.29, 0.717) is 5.56 Å². The zero-order valence-corrected chi connectivity index (χ0v) is 5.50. The zero-order chi connectivity index (χ0) is 11.3. The van der Waals surface area contributed by atoms with E-state index < -0.39 is 0 Å². The minimum absolute atomic E-state index is 0.0197. The third-order valence-electron chi connectivity index (χ3n) is 1.31. The molecule has 0 radical (unpaired) electrons. The topological polar surface area (TPSA) is 15.8 Å². The normalized spacial score (nSPS) is 17.5. The maximum atomic E-state index is 7.75. The second-order valence-electron chi connectivity index (χ2n) is 2.12. The molecule has 1 aromatic heterocycles. The summed E-state index contributed by atoms with van der Waals surface area (Å²) in [6, 6.07) is -0.0865. The lowest BCUT2D eigenvalue weighted by molar-refractivity contribution is 1.46. The first-order valence-electron chi connectivity index (χ1n) is 5.50. The molecular weight excluding hydrogens is 122 g/mol. The molecule has 0 saturated heterocycles. The highest BCUT2D eigenvalue weighted by molar-refractivity contribution is 5.79. The lowest BCUT2D eigenvalue weighted by Crippen LogP contribution is -1.69. The van der Waals surface area contributed by atoms with Crippen molar-refractivity contribution in [1.82, 2.24) is 4.98 Å². The summed E-state index contributed by atoms with van der Waals surface area (Å²) in [4.78, 5) is 2.56. The smallest absolute Gasteiger partial charge is 0.0816 e. The van der Waals surface area contributed by atoms with Gasteiger partial charge in [-0.1, -0.05) is 11.6 Å². The van der Waals surface area contributed by atoms with E-state index in [1.807, 2.05) is 0 Å². The first-order valence-corrected chi connectivity index (χ1v) is 3.00. The molecule has 0 spiro atoms. The van der Waals surface area contributed by atoms with E-state index in [9.17, 15) is 0 Å². The van der Waals surface area contributed by atoms with E-state index in [1.165, 1.54) is 0 Å². The van der Waals surface area contributed by atoms with Gasteiger partial charge in [0.2, 0.25) is 0 Å². The van der Waals surface area contributed by atoms with Crippen molar-refractivity contribution in [3.05, 3.63) is 35.9 Å². The predicted molar refractivity (Wildman–Crippen MR) is 43.0 cm³/mol. The highest BCUT2D eigenvalue weighted by Gasteiger charge is 1.90. The van der Waals surface area contributed by atoms with Crippen LogP contribution in [0.25, 0.3) is 10.9 Å². The molecule has 1 heterocycles. The van der Waals surface area contributed by atoms with Crippen LogP contribution in [0.1, 0.15) is 12.4 Å². The summed E-state index contributed by atoms with van der Waals surface area (Å²) >= 11 is 0. The Morgan fingerprint density at radius 2 is 2.30 bits per heavy atom. The van der Waals surface area contributed by atoms with Crippen LogP contribution in [0.5, 0.6) is 0 Å². The summed E-state index contributed by atoms with van der Waals surface area (Å²) in [5, 5.41) is 0.262. The van der Waals surface area contributed by atoms with Crippen molar-refractivity contribution < 1.29 is 6.85 Å². The molecule has 2 aromatic rings. The summed E-state index contributed by atoms with van der Waals surface area (Å²) in [5.41, 5.74) is 0.616. The highest BCUT2D eigenvalue weighted by Crippen LogP contribution is 2.12. The largest absolute Gasteiger partial charge is 0.361 e. The lowest BCUT2D eigenvalue weighted by Gasteiger charge is -1.90. The molecule has 0 fully saturated rings. The summed E-state index contributed by atoms with van der Waals surface area (Å²) in [6.07, 6.45) is -0.114. The average molecular weight is 136 g/mol. The van der Waals surface area contributed by atoms with Crippen molar-refractivity contribution in [3.63, 3.8) is 0 Å². The number of hydrogen-bond acceptors (Lipinski definition) is 0. The van der Waals surface area contributed by atoms with Gasteiger partial charge in [0.15, 0.2) is 0 Å². The molecular formula is C9H9N. The number of nitrogens with one attached hydrogen (secondary N) is 1. The number of H-pyrrole nitrogens is 1.